The second-order valence-corrected chi connectivity index (χ2v) is 6.46. The fraction of sp³-hybridized carbons (Fsp3) is 0.412. The average Bonchev–Trinajstić information content (AvgIpc) is 2.81. The van der Waals surface area contributed by atoms with Crippen LogP contribution in [0.15, 0.2) is 30.3 Å². The van der Waals surface area contributed by atoms with Crippen molar-refractivity contribution < 1.29 is 9.84 Å². The van der Waals surface area contributed by atoms with Gasteiger partial charge in [0, 0.05) is 22.2 Å². The summed E-state index contributed by atoms with van der Waals surface area (Å²) in [6.07, 6.45) is -0.564. The van der Waals surface area contributed by atoms with Crippen molar-refractivity contribution in [1.29, 1.82) is 0 Å². The highest BCUT2D eigenvalue weighted by Crippen LogP contribution is 2.35. The smallest absolute Gasteiger partial charge is 0.119 e. The molecule has 2 aromatic rings. The summed E-state index contributed by atoms with van der Waals surface area (Å²) in [4.78, 5) is 2.22. The maximum absolute atomic E-state index is 10.6. The van der Waals surface area contributed by atoms with E-state index in [0.717, 1.165) is 16.2 Å². The number of aliphatic hydroxyl groups excluding tert-OH is 1. The van der Waals surface area contributed by atoms with E-state index in [2.05, 4.69) is 19.9 Å². The number of aryl methyl sites for hydroxylation is 2. The van der Waals surface area contributed by atoms with Crippen molar-refractivity contribution in [2.45, 2.75) is 32.8 Å². The van der Waals surface area contributed by atoms with Gasteiger partial charge in [0.15, 0.2) is 0 Å². The van der Waals surface area contributed by atoms with Gasteiger partial charge in [0.1, 0.15) is 5.75 Å². The first-order chi connectivity index (χ1) is 10.1. The summed E-state index contributed by atoms with van der Waals surface area (Å²) in [5.41, 5.74) is 8.16. The standard InChI is InChI=1S/C17H23NO2S/c1-4-20-14-7-5-13(6-8-14)15(10-18)17(19)16-9-11(2)12(3)21-16/h5-9,15,17,19H,4,10,18H2,1-3H3. The summed E-state index contributed by atoms with van der Waals surface area (Å²) in [7, 11) is 0. The molecule has 1 aromatic carbocycles. The molecule has 114 valence electrons. The minimum Gasteiger partial charge on any atom is -0.494 e. The van der Waals surface area contributed by atoms with Gasteiger partial charge in [-0.1, -0.05) is 12.1 Å². The van der Waals surface area contributed by atoms with Crippen LogP contribution in [0, 0.1) is 13.8 Å². The Balaban J connectivity index is 2.21. The van der Waals surface area contributed by atoms with Crippen LogP contribution in [0.2, 0.25) is 0 Å². The highest BCUT2D eigenvalue weighted by atomic mass is 32.1. The summed E-state index contributed by atoms with van der Waals surface area (Å²) in [5, 5.41) is 10.6. The molecule has 0 spiro atoms. The van der Waals surface area contributed by atoms with Gasteiger partial charge in [0.05, 0.1) is 12.7 Å². The maximum atomic E-state index is 10.6. The second kappa shape index (κ2) is 7.07. The van der Waals surface area contributed by atoms with Gasteiger partial charge >= 0.3 is 0 Å². The molecule has 2 atom stereocenters. The number of thiophene rings is 1. The quantitative estimate of drug-likeness (QED) is 0.858. The van der Waals surface area contributed by atoms with Gasteiger partial charge in [-0.15, -0.1) is 11.3 Å². The van der Waals surface area contributed by atoms with Crippen LogP contribution in [0.5, 0.6) is 5.75 Å². The predicted octanol–water partition coefficient (Wildman–Crippen LogP) is 3.54. The molecule has 0 saturated heterocycles. The van der Waals surface area contributed by atoms with E-state index < -0.39 is 6.10 Å². The normalized spacial score (nSPS) is 14.0. The zero-order chi connectivity index (χ0) is 15.4. The Morgan fingerprint density at radius 2 is 1.90 bits per heavy atom. The Bertz CT molecular complexity index is 557. The molecule has 2 unspecified atom stereocenters. The highest BCUT2D eigenvalue weighted by molar-refractivity contribution is 7.12. The van der Waals surface area contributed by atoms with E-state index in [1.54, 1.807) is 11.3 Å². The number of ether oxygens (including phenoxy) is 1. The lowest BCUT2D eigenvalue weighted by Crippen LogP contribution is -2.19. The molecule has 0 bridgehead atoms. The average molecular weight is 305 g/mol. The van der Waals surface area contributed by atoms with Gasteiger partial charge in [-0.2, -0.15) is 0 Å². The van der Waals surface area contributed by atoms with E-state index in [1.807, 2.05) is 31.2 Å². The Hall–Kier alpha value is -1.36. The summed E-state index contributed by atoms with van der Waals surface area (Å²) < 4.78 is 5.45. The number of hydrogen-bond donors (Lipinski definition) is 2. The van der Waals surface area contributed by atoms with E-state index in [-0.39, 0.29) is 5.92 Å². The van der Waals surface area contributed by atoms with Crippen LogP contribution in [0.3, 0.4) is 0 Å². The minimum absolute atomic E-state index is 0.0990. The van der Waals surface area contributed by atoms with Crippen molar-refractivity contribution in [2.24, 2.45) is 5.73 Å². The number of nitrogens with two attached hydrogens (primary N) is 1. The lowest BCUT2D eigenvalue weighted by Gasteiger charge is -2.21. The summed E-state index contributed by atoms with van der Waals surface area (Å²) in [5.74, 6) is 0.743. The van der Waals surface area contributed by atoms with E-state index in [9.17, 15) is 5.11 Å². The topological polar surface area (TPSA) is 55.5 Å². The van der Waals surface area contributed by atoms with Crippen LogP contribution in [-0.4, -0.2) is 18.3 Å². The Morgan fingerprint density at radius 1 is 1.24 bits per heavy atom. The van der Waals surface area contributed by atoms with Crippen LogP contribution >= 0.6 is 11.3 Å². The van der Waals surface area contributed by atoms with Crippen molar-refractivity contribution in [3.05, 3.63) is 51.2 Å². The zero-order valence-electron chi connectivity index (χ0n) is 12.8. The molecule has 0 saturated carbocycles. The third kappa shape index (κ3) is 3.64. The molecular formula is C17H23NO2S. The van der Waals surface area contributed by atoms with E-state index in [4.69, 9.17) is 10.5 Å². The highest BCUT2D eigenvalue weighted by Gasteiger charge is 2.23. The lowest BCUT2D eigenvalue weighted by atomic mass is 9.92. The number of rotatable bonds is 6. The fourth-order valence-electron chi connectivity index (χ4n) is 2.37. The van der Waals surface area contributed by atoms with Crippen LogP contribution in [0.1, 0.15) is 39.8 Å². The van der Waals surface area contributed by atoms with Crippen molar-refractivity contribution in [2.75, 3.05) is 13.2 Å². The zero-order valence-corrected chi connectivity index (χ0v) is 13.6. The molecule has 4 heteroatoms. The molecule has 0 aliphatic rings. The SMILES string of the molecule is CCOc1ccc(C(CN)C(O)c2cc(C)c(C)s2)cc1. The van der Waals surface area contributed by atoms with Crippen molar-refractivity contribution in [3.8, 4) is 5.75 Å². The van der Waals surface area contributed by atoms with Crippen LogP contribution in [0.25, 0.3) is 0 Å². The van der Waals surface area contributed by atoms with Gasteiger partial charge < -0.3 is 15.6 Å². The molecule has 1 aromatic heterocycles. The Kier molecular flexibility index (Phi) is 5.39. The Morgan fingerprint density at radius 3 is 2.38 bits per heavy atom. The first-order valence-corrected chi connectivity index (χ1v) is 8.06. The third-order valence-electron chi connectivity index (χ3n) is 3.73. The molecule has 2 rings (SSSR count). The molecule has 1 heterocycles. The summed E-state index contributed by atoms with van der Waals surface area (Å²) >= 11 is 1.64. The predicted molar refractivity (Wildman–Crippen MR) is 88.2 cm³/mol. The van der Waals surface area contributed by atoms with Gasteiger partial charge in [-0.25, -0.2) is 0 Å². The second-order valence-electron chi connectivity index (χ2n) is 5.18. The number of aliphatic hydroxyl groups is 1. The maximum Gasteiger partial charge on any atom is 0.119 e. The van der Waals surface area contributed by atoms with Crippen molar-refractivity contribution >= 4 is 11.3 Å². The van der Waals surface area contributed by atoms with Crippen LogP contribution in [0.4, 0.5) is 0 Å². The third-order valence-corrected chi connectivity index (χ3v) is 4.95. The molecule has 0 aliphatic carbocycles. The summed E-state index contributed by atoms with van der Waals surface area (Å²) in [6.45, 7) is 7.16. The minimum atomic E-state index is -0.564. The van der Waals surface area contributed by atoms with Gasteiger partial charge in [-0.3, -0.25) is 0 Å². The monoisotopic (exact) mass is 305 g/mol. The molecule has 0 amide bonds. The molecule has 21 heavy (non-hydrogen) atoms. The Labute approximate surface area is 130 Å². The van der Waals surface area contributed by atoms with Crippen LogP contribution < -0.4 is 10.5 Å². The van der Waals surface area contributed by atoms with E-state index >= 15 is 0 Å². The van der Waals surface area contributed by atoms with Crippen LogP contribution in [-0.2, 0) is 0 Å². The van der Waals surface area contributed by atoms with Gasteiger partial charge in [0.2, 0.25) is 0 Å². The lowest BCUT2D eigenvalue weighted by molar-refractivity contribution is 0.151. The first-order valence-electron chi connectivity index (χ1n) is 7.24. The fourth-order valence-corrected chi connectivity index (χ4v) is 3.47. The molecule has 3 N–H and O–H groups in total. The largest absolute Gasteiger partial charge is 0.494 e. The molecule has 0 radical (unpaired) electrons. The first kappa shape index (κ1) is 16.0. The van der Waals surface area contributed by atoms with E-state index in [0.29, 0.717) is 13.2 Å². The van der Waals surface area contributed by atoms with Gasteiger partial charge in [0.25, 0.3) is 0 Å². The summed E-state index contributed by atoms with van der Waals surface area (Å²) in [6, 6.07) is 9.89. The molecular weight excluding hydrogens is 282 g/mol. The van der Waals surface area contributed by atoms with E-state index in [1.165, 1.54) is 10.4 Å². The number of hydrogen-bond acceptors (Lipinski definition) is 4. The number of benzene rings is 1. The molecule has 0 aliphatic heterocycles. The molecule has 3 nitrogen and oxygen atoms in total. The van der Waals surface area contributed by atoms with Gasteiger partial charge in [-0.05, 0) is 50.1 Å². The van der Waals surface area contributed by atoms with Crippen molar-refractivity contribution in [3.63, 3.8) is 0 Å². The molecule has 0 fully saturated rings. The van der Waals surface area contributed by atoms with Crippen molar-refractivity contribution in [1.82, 2.24) is 0 Å².